The Kier molecular flexibility index (Phi) is 58.6. The Hall–Kier alpha value is -5.35. The average molecular weight is 1150 g/mol. The minimum absolute atomic E-state index is 0.129. The molecule has 0 aliphatic rings. The fraction of sp³-hybridized carbons (Fsp3) is 0.581. The minimum Gasteiger partial charge on any atom is -0.545 e. The maximum atomic E-state index is 12.9. The van der Waals surface area contributed by atoms with Crippen molar-refractivity contribution in [1.29, 1.82) is 0 Å². The summed E-state index contributed by atoms with van der Waals surface area (Å²) in [7, 11) is 5.90. The molecule has 2 atom stereocenters. The number of ether oxygens (including phenoxy) is 4. The maximum absolute atomic E-state index is 12.9. The molecule has 0 N–H and O–H groups in total. The van der Waals surface area contributed by atoms with E-state index in [0.29, 0.717) is 23.9 Å². The molecule has 83 heavy (non-hydrogen) atoms. The number of quaternary nitrogens is 1. The van der Waals surface area contributed by atoms with Crippen molar-refractivity contribution in [2.45, 2.75) is 232 Å². The maximum Gasteiger partial charge on any atom is 0.306 e. The first-order valence-corrected chi connectivity index (χ1v) is 32.3. The van der Waals surface area contributed by atoms with Gasteiger partial charge < -0.3 is 33.3 Å². The van der Waals surface area contributed by atoms with Gasteiger partial charge in [0.25, 0.3) is 0 Å². The number of likely N-dealkylation sites (N-methyl/N-ethyl adjacent to an activating group) is 1. The Bertz CT molecular complexity index is 1960. The smallest absolute Gasteiger partial charge is 0.306 e. The first kappa shape index (κ1) is 77.7. The molecule has 9 heteroatoms. The van der Waals surface area contributed by atoms with Crippen LogP contribution in [0.2, 0.25) is 0 Å². The lowest BCUT2D eigenvalue weighted by Gasteiger charge is -2.26. The van der Waals surface area contributed by atoms with Crippen LogP contribution in [0.3, 0.4) is 0 Å². The van der Waals surface area contributed by atoms with E-state index in [-0.39, 0.29) is 32.7 Å². The van der Waals surface area contributed by atoms with Crippen molar-refractivity contribution in [2.75, 3.05) is 47.5 Å². The normalized spacial score (nSPS) is 13.9. The molecular formula is C74H117NO8. The fourth-order valence-electron chi connectivity index (χ4n) is 8.09. The Morgan fingerprint density at radius 2 is 0.663 bits per heavy atom. The minimum atomic E-state index is -1.65. The number of carboxylic acid groups (broad SMARTS) is 1. The van der Waals surface area contributed by atoms with Gasteiger partial charge in [-0.2, -0.15) is 0 Å². The zero-order chi connectivity index (χ0) is 60.5. The van der Waals surface area contributed by atoms with E-state index in [0.717, 1.165) is 116 Å². The summed E-state index contributed by atoms with van der Waals surface area (Å²) in [4.78, 5) is 37.4. The van der Waals surface area contributed by atoms with E-state index < -0.39 is 30.3 Å². The largest absolute Gasteiger partial charge is 0.545 e. The Morgan fingerprint density at radius 1 is 0.361 bits per heavy atom. The first-order valence-electron chi connectivity index (χ1n) is 32.3. The molecule has 0 amide bonds. The van der Waals surface area contributed by atoms with Crippen LogP contribution < -0.4 is 5.11 Å². The van der Waals surface area contributed by atoms with E-state index in [1.165, 1.54) is 64.2 Å². The molecule has 0 rings (SSSR count). The van der Waals surface area contributed by atoms with Crippen LogP contribution >= 0.6 is 0 Å². The molecule has 0 aliphatic carbocycles. The third-order valence-electron chi connectivity index (χ3n) is 13.0. The molecular weight excluding hydrogens is 1030 g/mol. The Morgan fingerprint density at radius 3 is 1.00 bits per heavy atom. The number of aliphatic carboxylic acids is 1. The summed E-state index contributed by atoms with van der Waals surface area (Å²) in [5.74, 6) is -2.38. The van der Waals surface area contributed by atoms with Gasteiger partial charge in [0.15, 0.2) is 12.4 Å². The van der Waals surface area contributed by atoms with Gasteiger partial charge in [0.2, 0.25) is 0 Å². The number of unbranched alkanes of at least 4 members (excludes halogenated alkanes) is 14. The second-order valence-electron chi connectivity index (χ2n) is 21.9. The van der Waals surface area contributed by atoms with Gasteiger partial charge in [-0.05, 0) is 122 Å². The van der Waals surface area contributed by atoms with Gasteiger partial charge in [-0.15, -0.1) is 0 Å². The molecule has 466 valence electrons. The molecule has 0 aromatic heterocycles. The molecule has 0 saturated carbocycles. The van der Waals surface area contributed by atoms with Crippen molar-refractivity contribution < 1.29 is 42.9 Å². The van der Waals surface area contributed by atoms with Gasteiger partial charge in [0, 0.05) is 12.8 Å². The summed E-state index contributed by atoms with van der Waals surface area (Å²) in [6.45, 7) is 4.43. The Balaban J connectivity index is 4.27. The van der Waals surface area contributed by atoms with Gasteiger partial charge in [0.05, 0.1) is 40.3 Å². The van der Waals surface area contributed by atoms with E-state index in [4.69, 9.17) is 18.9 Å². The summed E-state index contributed by atoms with van der Waals surface area (Å²) >= 11 is 0. The average Bonchev–Trinajstić information content (AvgIpc) is 3.46. The lowest BCUT2D eigenvalue weighted by atomic mass is 10.0. The predicted octanol–water partition coefficient (Wildman–Crippen LogP) is 18.6. The molecule has 0 aromatic rings. The Labute approximate surface area is 507 Å². The van der Waals surface area contributed by atoms with Gasteiger partial charge in [-0.1, -0.05) is 255 Å². The number of rotatable bonds is 57. The molecule has 0 aliphatic heterocycles. The number of hydrogen-bond donors (Lipinski definition) is 0. The molecule has 0 saturated heterocycles. The third-order valence-corrected chi connectivity index (χ3v) is 13.0. The second-order valence-corrected chi connectivity index (χ2v) is 21.9. The van der Waals surface area contributed by atoms with E-state index in [9.17, 15) is 19.5 Å². The topological polar surface area (TPSA) is 111 Å². The van der Waals surface area contributed by atoms with Crippen LogP contribution in [0.25, 0.3) is 0 Å². The number of allylic oxidation sites excluding steroid dienone is 28. The summed E-state index contributed by atoms with van der Waals surface area (Å²) in [6, 6.07) is 0. The first-order chi connectivity index (χ1) is 40.6. The summed E-state index contributed by atoms with van der Waals surface area (Å²) in [5.41, 5.74) is 0. The number of esters is 2. The van der Waals surface area contributed by atoms with Crippen LogP contribution in [0.15, 0.2) is 170 Å². The van der Waals surface area contributed by atoms with E-state index >= 15 is 0 Å². The van der Waals surface area contributed by atoms with Crippen molar-refractivity contribution in [2.24, 2.45) is 0 Å². The summed E-state index contributed by atoms with van der Waals surface area (Å²) in [6.07, 6.45) is 91.4. The van der Waals surface area contributed by atoms with Crippen LogP contribution in [0.5, 0.6) is 0 Å². The van der Waals surface area contributed by atoms with Gasteiger partial charge in [0.1, 0.15) is 13.2 Å². The second kappa shape index (κ2) is 62.7. The zero-order valence-electron chi connectivity index (χ0n) is 53.0. The predicted molar refractivity (Wildman–Crippen MR) is 351 cm³/mol. The fourth-order valence-corrected chi connectivity index (χ4v) is 8.09. The highest BCUT2D eigenvalue weighted by molar-refractivity contribution is 5.70. The zero-order valence-corrected chi connectivity index (χ0v) is 53.0. The van der Waals surface area contributed by atoms with Crippen LogP contribution in [-0.2, 0) is 33.3 Å². The highest BCUT2D eigenvalue weighted by atomic mass is 16.7. The quantitative estimate of drug-likeness (QED) is 0.0195. The SMILES string of the molecule is CC/C=C\C/C=C\C/C=C\C/C=C\C/C=C\C/C=C\C/C=C\CCCCCCCCCCCCCCCC(=O)OC(COC(=O)CCC/C=C\C/C=C\C/C=C\C/C=C\C/C=C\C/C=C\C/C=C\CC)COC(OCC[N+](C)(C)C)C(=O)[O-]. The van der Waals surface area contributed by atoms with E-state index in [2.05, 4.69) is 184 Å². The van der Waals surface area contributed by atoms with Crippen LogP contribution in [0.1, 0.15) is 219 Å². The molecule has 9 nitrogen and oxygen atoms in total. The molecule has 0 fully saturated rings. The van der Waals surface area contributed by atoms with Crippen LogP contribution in [-0.4, -0.2) is 82.3 Å². The van der Waals surface area contributed by atoms with Crippen molar-refractivity contribution in [3.05, 3.63) is 170 Å². The molecule has 2 unspecified atom stereocenters. The molecule has 0 bridgehead atoms. The number of carbonyl (C=O) groups excluding carboxylic acids is 3. The summed E-state index contributed by atoms with van der Waals surface area (Å²) in [5, 5.41) is 11.8. The summed E-state index contributed by atoms with van der Waals surface area (Å²) < 4.78 is 22.7. The standard InChI is InChI=1S/C74H117NO8/c1-6-8-10-12-14-16-18-20-22-24-26-28-30-31-32-33-34-35-36-37-38-39-40-41-43-45-47-49-51-53-55-57-59-61-63-65-72(77)83-70(69-82-74(73(78)79)80-67-66-75(3,4)5)68-81-71(76)64-62-60-58-56-54-52-50-48-46-44-42-29-27-25-23-21-19-17-15-13-11-9-7-2/h8-11,14-17,20-23,26-29,31-32,34-35,37-38,44,46,50,52,56,58,70,74H,6-7,12-13,18-19,24-25,30,33,36,39-43,45,47-49,51,53-55,57,59-69H2,1-5H3/b10-8-,11-9-,16-14-,17-15-,22-20-,23-21-,28-26-,29-27-,32-31-,35-34-,38-37-,46-44-,52-50-,58-56-. The molecule has 0 heterocycles. The van der Waals surface area contributed by atoms with Crippen molar-refractivity contribution in [3.63, 3.8) is 0 Å². The number of nitrogens with zero attached hydrogens (tertiary/aromatic N) is 1. The van der Waals surface area contributed by atoms with Gasteiger partial charge in [-0.3, -0.25) is 9.59 Å². The number of carbonyl (C=O) groups is 3. The number of carboxylic acids is 1. The highest BCUT2D eigenvalue weighted by Gasteiger charge is 2.22. The van der Waals surface area contributed by atoms with Gasteiger partial charge >= 0.3 is 11.9 Å². The number of hydrogen-bond acceptors (Lipinski definition) is 8. The molecule has 0 radical (unpaired) electrons. The van der Waals surface area contributed by atoms with Crippen molar-refractivity contribution >= 4 is 17.9 Å². The molecule has 0 aromatic carbocycles. The van der Waals surface area contributed by atoms with E-state index in [1.807, 2.05) is 21.1 Å². The highest BCUT2D eigenvalue weighted by Crippen LogP contribution is 2.15. The lowest BCUT2D eigenvalue weighted by molar-refractivity contribution is -0.870. The van der Waals surface area contributed by atoms with Crippen LogP contribution in [0.4, 0.5) is 0 Å². The van der Waals surface area contributed by atoms with E-state index in [1.54, 1.807) is 0 Å². The lowest BCUT2D eigenvalue weighted by Crippen LogP contribution is -2.44. The van der Waals surface area contributed by atoms with Crippen molar-refractivity contribution in [1.82, 2.24) is 0 Å². The van der Waals surface area contributed by atoms with Gasteiger partial charge in [-0.25, -0.2) is 0 Å². The monoisotopic (exact) mass is 1150 g/mol. The van der Waals surface area contributed by atoms with Crippen LogP contribution in [0, 0.1) is 0 Å². The molecule has 0 spiro atoms. The third kappa shape index (κ3) is 64.1. The van der Waals surface area contributed by atoms with Crippen molar-refractivity contribution in [3.8, 4) is 0 Å².